The first-order valence-electron chi connectivity index (χ1n) is 9.34. The average molecular weight is 346 g/mol. The van der Waals surface area contributed by atoms with Crippen LogP contribution in [0.15, 0.2) is 0 Å². The van der Waals surface area contributed by atoms with Crippen LogP contribution in [0.5, 0.6) is 0 Å². The molecule has 0 radical (unpaired) electrons. The molecule has 0 bridgehead atoms. The van der Waals surface area contributed by atoms with Gasteiger partial charge in [0.1, 0.15) is 0 Å². The Bertz CT molecular complexity index is 446. The number of hydrogen-bond donors (Lipinski definition) is 0. The van der Waals surface area contributed by atoms with Crippen LogP contribution in [0.4, 0.5) is 0 Å². The lowest BCUT2D eigenvalue weighted by Gasteiger charge is -2.40. The molecule has 0 aromatic heterocycles. The minimum absolute atomic E-state index is 0.466. The van der Waals surface area contributed by atoms with Crippen LogP contribution in [0.25, 0.3) is 0 Å². The van der Waals surface area contributed by atoms with E-state index in [0.29, 0.717) is 43.9 Å². The van der Waals surface area contributed by atoms with E-state index in [1.807, 2.05) is 0 Å². The summed E-state index contributed by atoms with van der Waals surface area (Å²) in [7, 11) is -3.26. The van der Waals surface area contributed by atoms with Crippen molar-refractivity contribution in [1.82, 2.24) is 13.5 Å². The van der Waals surface area contributed by atoms with Gasteiger partial charge in [-0.3, -0.25) is 0 Å². The third-order valence-electron chi connectivity index (χ3n) is 5.47. The Morgan fingerprint density at radius 1 is 0.957 bits per heavy atom. The third kappa shape index (κ3) is 4.91. The predicted octanol–water partition coefficient (Wildman–Crippen LogP) is 2.26. The van der Waals surface area contributed by atoms with Crippen molar-refractivity contribution in [2.75, 3.05) is 45.8 Å². The van der Waals surface area contributed by atoms with Crippen molar-refractivity contribution in [3.8, 4) is 0 Å². The highest BCUT2D eigenvalue weighted by Gasteiger charge is 2.36. The van der Waals surface area contributed by atoms with Gasteiger partial charge in [-0.25, -0.2) is 0 Å². The fraction of sp³-hybridized carbons (Fsp3) is 1.00. The molecule has 23 heavy (non-hydrogen) atoms. The quantitative estimate of drug-likeness (QED) is 0.742. The van der Waals surface area contributed by atoms with Crippen molar-refractivity contribution >= 4 is 10.2 Å². The lowest BCUT2D eigenvalue weighted by atomic mass is 9.94. The molecule has 2 heterocycles. The van der Waals surface area contributed by atoms with Gasteiger partial charge >= 0.3 is 0 Å². The highest BCUT2D eigenvalue weighted by molar-refractivity contribution is 7.86. The zero-order valence-electron chi connectivity index (χ0n) is 15.4. The molecule has 0 saturated carbocycles. The number of piperidine rings is 2. The first-order valence-corrected chi connectivity index (χ1v) is 10.7. The second-order valence-corrected chi connectivity index (χ2v) is 9.53. The van der Waals surface area contributed by atoms with Gasteiger partial charge in [-0.1, -0.05) is 27.7 Å². The molecule has 0 amide bonds. The van der Waals surface area contributed by atoms with Gasteiger partial charge in [-0.15, -0.1) is 0 Å². The Morgan fingerprint density at radius 2 is 1.48 bits per heavy atom. The van der Waals surface area contributed by atoms with Crippen LogP contribution in [0.1, 0.15) is 47.0 Å². The van der Waals surface area contributed by atoms with E-state index in [1.54, 1.807) is 8.61 Å². The normalized spacial score (nSPS) is 29.3. The minimum atomic E-state index is -3.26. The van der Waals surface area contributed by atoms with E-state index < -0.39 is 10.2 Å². The topological polar surface area (TPSA) is 43.9 Å². The van der Waals surface area contributed by atoms with Crippen molar-refractivity contribution in [3.63, 3.8) is 0 Å². The summed E-state index contributed by atoms with van der Waals surface area (Å²) in [4.78, 5) is 2.45. The number of hydrogen-bond acceptors (Lipinski definition) is 3. The molecule has 2 atom stereocenters. The third-order valence-corrected chi connectivity index (χ3v) is 7.44. The first-order chi connectivity index (χ1) is 10.9. The van der Waals surface area contributed by atoms with Crippen LogP contribution in [0.3, 0.4) is 0 Å². The molecule has 2 rings (SSSR count). The maximum Gasteiger partial charge on any atom is 0.281 e. The van der Waals surface area contributed by atoms with Gasteiger partial charge in [0.25, 0.3) is 10.2 Å². The van der Waals surface area contributed by atoms with Crippen LogP contribution in [-0.2, 0) is 10.2 Å². The molecule has 2 fully saturated rings. The summed E-state index contributed by atoms with van der Waals surface area (Å²) in [5.74, 6) is 1.57. The van der Waals surface area contributed by atoms with Gasteiger partial charge in [0.2, 0.25) is 0 Å². The van der Waals surface area contributed by atoms with E-state index in [9.17, 15) is 8.42 Å². The average Bonchev–Trinajstić information content (AvgIpc) is 2.52. The van der Waals surface area contributed by atoms with Gasteiger partial charge in [0.15, 0.2) is 0 Å². The van der Waals surface area contributed by atoms with Gasteiger partial charge in [-0.2, -0.15) is 17.0 Å². The summed E-state index contributed by atoms with van der Waals surface area (Å²) in [6.45, 7) is 14.7. The van der Waals surface area contributed by atoms with Gasteiger partial charge in [0.05, 0.1) is 0 Å². The van der Waals surface area contributed by atoms with Crippen LogP contribution >= 0.6 is 0 Å². The second-order valence-electron chi connectivity index (χ2n) is 7.60. The molecule has 0 spiro atoms. The summed E-state index contributed by atoms with van der Waals surface area (Å²) in [5, 5.41) is 0. The van der Waals surface area contributed by atoms with E-state index in [-0.39, 0.29) is 0 Å². The summed E-state index contributed by atoms with van der Waals surface area (Å²) in [6, 6.07) is 0. The van der Waals surface area contributed by atoms with Crippen molar-refractivity contribution in [3.05, 3.63) is 0 Å². The van der Waals surface area contributed by atoms with E-state index in [4.69, 9.17) is 0 Å². The standard InChI is InChI=1S/C17H35N3O2S/c1-5-18(6-2)14-17-7-9-19(10-8-17)23(21,22)20-12-15(3)11-16(4)13-20/h15-17H,5-14H2,1-4H3/t15-,16-/m1/s1. The summed E-state index contributed by atoms with van der Waals surface area (Å²) >= 11 is 0. The molecule has 0 aromatic carbocycles. The fourth-order valence-corrected chi connectivity index (χ4v) is 6.01. The molecule has 6 heteroatoms. The Morgan fingerprint density at radius 3 is 1.96 bits per heavy atom. The van der Waals surface area contributed by atoms with Crippen LogP contribution < -0.4 is 0 Å². The molecule has 2 aliphatic heterocycles. The van der Waals surface area contributed by atoms with E-state index >= 15 is 0 Å². The molecule has 136 valence electrons. The lowest BCUT2D eigenvalue weighted by Crippen LogP contribution is -2.52. The summed E-state index contributed by atoms with van der Waals surface area (Å²) in [5.41, 5.74) is 0. The van der Waals surface area contributed by atoms with E-state index in [2.05, 4.69) is 32.6 Å². The molecule has 0 aromatic rings. The fourth-order valence-electron chi connectivity index (χ4n) is 4.13. The molecular weight excluding hydrogens is 310 g/mol. The van der Waals surface area contributed by atoms with Crippen LogP contribution in [0.2, 0.25) is 0 Å². The van der Waals surface area contributed by atoms with E-state index in [0.717, 1.165) is 38.9 Å². The van der Waals surface area contributed by atoms with Crippen molar-refractivity contribution in [2.45, 2.75) is 47.0 Å². The van der Waals surface area contributed by atoms with Crippen molar-refractivity contribution in [1.29, 1.82) is 0 Å². The lowest BCUT2D eigenvalue weighted by molar-refractivity contribution is 0.175. The maximum atomic E-state index is 12.9. The summed E-state index contributed by atoms with van der Waals surface area (Å²) in [6.07, 6.45) is 3.13. The van der Waals surface area contributed by atoms with Crippen molar-refractivity contribution < 1.29 is 8.42 Å². The Balaban J connectivity index is 1.90. The first kappa shape index (κ1) is 19.2. The van der Waals surface area contributed by atoms with E-state index in [1.165, 1.54) is 0 Å². The number of rotatable bonds is 6. The molecule has 0 aliphatic carbocycles. The molecule has 5 nitrogen and oxygen atoms in total. The highest BCUT2D eigenvalue weighted by Crippen LogP contribution is 2.27. The van der Waals surface area contributed by atoms with Crippen LogP contribution in [-0.4, -0.2) is 67.7 Å². The second kappa shape index (κ2) is 8.28. The van der Waals surface area contributed by atoms with Crippen molar-refractivity contribution in [2.24, 2.45) is 17.8 Å². The smallest absolute Gasteiger partial charge is 0.281 e. The zero-order chi connectivity index (χ0) is 17.0. The predicted molar refractivity (Wildman–Crippen MR) is 95.5 cm³/mol. The number of nitrogens with zero attached hydrogens (tertiary/aromatic N) is 3. The summed E-state index contributed by atoms with van der Waals surface area (Å²) < 4.78 is 29.3. The Kier molecular flexibility index (Phi) is 6.89. The minimum Gasteiger partial charge on any atom is -0.304 e. The Labute approximate surface area is 143 Å². The zero-order valence-corrected chi connectivity index (χ0v) is 16.2. The van der Waals surface area contributed by atoms with Gasteiger partial charge in [0, 0.05) is 32.7 Å². The monoisotopic (exact) mass is 345 g/mol. The Hall–Kier alpha value is -0.170. The largest absolute Gasteiger partial charge is 0.304 e. The SMILES string of the molecule is CCN(CC)CC1CCN(S(=O)(=O)N2C[C@H](C)C[C@@H](C)C2)CC1. The molecule has 2 saturated heterocycles. The molecule has 0 N–H and O–H groups in total. The van der Waals surface area contributed by atoms with Crippen LogP contribution in [0, 0.1) is 17.8 Å². The maximum absolute atomic E-state index is 12.9. The van der Waals surface area contributed by atoms with Gasteiger partial charge < -0.3 is 4.90 Å². The van der Waals surface area contributed by atoms with Gasteiger partial charge in [-0.05, 0) is 50.1 Å². The highest BCUT2D eigenvalue weighted by atomic mass is 32.2. The molecule has 2 aliphatic rings. The molecule has 0 unspecified atom stereocenters. The molecular formula is C17H35N3O2S.